The molecule has 2 heteroatoms. The molecular formula is C18H23NO. The molecule has 1 unspecified atom stereocenters. The molecular weight excluding hydrogens is 246 g/mol. The average Bonchev–Trinajstić information content (AvgIpc) is 2.53. The highest BCUT2D eigenvalue weighted by atomic mass is 16.5. The predicted octanol–water partition coefficient (Wildman–Crippen LogP) is 4.82. The van der Waals surface area contributed by atoms with E-state index in [4.69, 9.17) is 4.74 Å². The van der Waals surface area contributed by atoms with Crippen LogP contribution in [0.25, 0.3) is 0 Å². The normalized spacial score (nSPS) is 11.9. The van der Waals surface area contributed by atoms with Crippen molar-refractivity contribution >= 4 is 5.69 Å². The summed E-state index contributed by atoms with van der Waals surface area (Å²) in [7, 11) is 1.70. The van der Waals surface area contributed by atoms with E-state index in [1.54, 1.807) is 7.11 Å². The average molecular weight is 269 g/mol. The molecule has 0 aromatic heterocycles. The van der Waals surface area contributed by atoms with E-state index in [1.165, 1.54) is 16.8 Å². The maximum absolute atomic E-state index is 5.21. The first-order chi connectivity index (χ1) is 9.76. The van der Waals surface area contributed by atoms with Crippen molar-refractivity contribution in [3.05, 3.63) is 59.7 Å². The summed E-state index contributed by atoms with van der Waals surface area (Å²) >= 11 is 0. The Morgan fingerprint density at radius 1 is 1.05 bits per heavy atom. The quantitative estimate of drug-likeness (QED) is 0.811. The van der Waals surface area contributed by atoms with Crippen LogP contribution in [0.3, 0.4) is 0 Å². The molecule has 0 saturated carbocycles. The maximum atomic E-state index is 5.21. The molecule has 0 radical (unpaired) electrons. The topological polar surface area (TPSA) is 21.3 Å². The third-order valence-electron chi connectivity index (χ3n) is 3.60. The second-order valence-electron chi connectivity index (χ2n) is 4.93. The number of anilines is 1. The fourth-order valence-electron chi connectivity index (χ4n) is 2.34. The van der Waals surface area contributed by atoms with Crippen molar-refractivity contribution in [1.29, 1.82) is 0 Å². The van der Waals surface area contributed by atoms with Crippen molar-refractivity contribution < 1.29 is 4.74 Å². The van der Waals surface area contributed by atoms with E-state index in [0.717, 1.165) is 18.6 Å². The molecule has 0 fully saturated rings. The number of ether oxygens (including phenoxy) is 1. The number of methoxy groups -OCH3 is 1. The van der Waals surface area contributed by atoms with Crippen LogP contribution in [0.5, 0.6) is 5.75 Å². The third kappa shape index (κ3) is 3.53. The van der Waals surface area contributed by atoms with Gasteiger partial charge >= 0.3 is 0 Å². The highest BCUT2D eigenvalue weighted by Gasteiger charge is 2.09. The summed E-state index contributed by atoms with van der Waals surface area (Å²) in [5.74, 6) is 0.900. The highest BCUT2D eigenvalue weighted by Crippen LogP contribution is 2.25. The predicted molar refractivity (Wildman–Crippen MR) is 85.5 cm³/mol. The molecule has 1 N–H and O–H groups in total. The molecule has 2 rings (SSSR count). The molecule has 0 heterocycles. The van der Waals surface area contributed by atoms with Crippen molar-refractivity contribution in [3.63, 3.8) is 0 Å². The zero-order valence-electron chi connectivity index (χ0n) is 12.5. The monoisotopic (exact) mass is 269 g/mol. The van der Waals surface area contributed by atoms with E-state index in [1.807, 2.05) is 12.1 Å². The smallest absolute Gasteiger partial charge is 0.118 e. The third-order valence-corrected chi connectivity index (χ3v) is 3.60. The van der Waals surface area contributed by atoms with E-state index in [9.17, 15) is 0 Å². The zero-order valence-corrected chi connectivity index (χ0v) is 12.5. The van der Waals surface area contributed by atoms with Gasteiger partial charge in [-0.2, -0.15) is 0 Å². The van der Waals surface area contributed by atoms with Gasteiger partial charge in [-0.25, -0.2) is 0 Å². The van der Waals surface area contributed by atoms with E-state index < -0.39 is 0 Å². The first-order valence-corrected chi connectivity index (χ1v) is 7.26. The number of nitrogens with one attached hydrogen (secondary N) is 1. The summed E-state index contributed by atoms with van der Waals surface area (Å²) < 4.78 is 5.21. The van der Waals surface area contributed by atoms with Gasteiger partial charge in [0, 0.05) is 5.69 Å². The molecule has 1 atom stereocenters. The van der Waals surface area contributed by atoms with Gasteiger partial charge < -0.3 is 10.1 Å². The van der Waals surface area contributed by atoms with Crippen molar-refractivity contribution in [2.24, 2.45) is 0 Å². The lowest BCUT2D eigenvalue weighted by Crippen LogP contribution is -2.09. The molecule has 106 valence electrons. The first kappa shape index (κ1) is 14.4. The zero-order chi connectivity index (χ0) is 14.4. The Bertz CT molecular complexity index is 533. The lowest BCUT2D eigenvalue weighted by molar-refractivity contribution is 0.414. The van der Waals surface area contributed by atoms with E-state index in [0.29, 0.717) is 6.04 Å². The second-order valence-corrected chi connectivity index (χ2v) is 4.93. The largest absolute Gasteiger partial charge is 0.497 e. The van der Waals surface area contributed by atoms with Gasteiger partial charge in [0.1, 0.15) is 5.75 Å². The molecule has 0 aliphatic rings. The van der Waals surface area contributed by atoms with Crippen molar-refractivity contribution in [1.82, 2.24) is 0 Å². The molecule has 0 bridgehead atoms. The van der Waals surface area contributed by atoms with Crippen LogP contribution in [-0.2, 0) is 6.42 Å². The van der Waals surface area contributed by atoms with E-state index in [2.05, 4.69) is 55.6 Å². The number of benzene rings is 2. The van der Waals surface area contributed by atoms with Crippen LogP contribution in [0.2, 0.25) is 0 Å². The van der Waals surface area contributed by atoms with Gasteiger partial charge in [-0.1, -0.05) is 38.1 Å². The van der Waals surface area contributed by atoms with Crippen LogP contribution >= 0.6 is 0 Å². The Morgan fingerprint density at radius 3 is 2.40 bits per heavy atom. The summed E-state index contributed by atoms with van der Waals surface area (Å²) in [5, 5.41) is 3.62. The van der Waals surface area contributed by atoms with Gasteiger partial charge in [-0.3, -0.25) is 0 Å². The van der Waals surface area contributed by atoms with Crippen LogP contribution in [0, 0.1) is 0 Å². The Balaban J connectivity index is 2.14. The number of rotatable bonds is 6. The molecule has 0 amide bonds. The minimum Gasteiger partial charge on any atom is -0.497 e. The van der Waals surface area contributed by atoms with Crippen LogP contribution in [0.15, 0.2) is 48.5 Å². The highest BCUT2D eigenvalue weighted by molar-refractivity contribution is 5.48. The molecule has 2 nitrogen and oxygen atoms in total. The fraction of sp³-hybridized carbons (Fsp3) is 0.333. The van der Waals surface area contributed by atoms with Gasteiger partial charge in [0.15, 0.2) is 0 Å². The second kappa shape index (κ2) is 6.99. The summed E-state index contributed by atoms with van der Waals surface area (Å²) in [4.78, 5) is 0. The van der Waals surface area contributed by atoms with Gasteiger partial charge in [0.25, 0.3) is 0 Å². The standard InChI is InChI=1S/C18H23NO/c1-4-14-7-6-8-16(13-14)19-18(5-2)15-9-11-17(20-3)12-10-15/h6-13,18-19H,4-5H2,1-3H3. The lowest BCUT2D eigenvalue weighted by Gasteiger charge is -2.19. The lowest BCUT2D eigenvalue weighted by atomic mass is 10.0. The van der Waals surface area contributed by atoms with Gasteiger partial charge in [0.05, 0.1) is 13.2 Å². The number of hydrogen-bond donors (Lipinski definition) is 1. The van der Waals surface area contributed by atoms with Gasteiger partial charge in [-0.05, 0) is 48.2 Å². The fourth-order valence-corrected chi connectivity index (χ4v) is 2.34. The SMILES string of the molecule is CCc1cccc(NC(CC)c2ccc(OC)cc2)c1. The molecule has 0 saturated heterocycles. The summed E-state index contributed by atoms with van der Waals surface area (Å²) in [6.45, 7) is 4.38. The van der Waals surface area contributed by atoms with Crippen LogP contribution in [-0.4, -0.2) is 7.11 Å². The van der Waals surface area contributed by atoms with Crippen molar-refractivity contribution in [2.45, 2.75) is 32.7 Å². The maximum Gasteiger partial charge on any atom is 0.118 e. The molecule has 2 aromatic carbocycles. The minimum atomic E-state index is 0.327. The summed E-state index contributed by atoms with van der Waals surface area (Å²) in [6, 6.07) is 17.3. The number of aryl methyl sites for hydroxylation is 1. The Labute approximate surface area is 121 Å². The Kier molecular flexibility index (Phi) is 5.05. The molecule has 2 aromatic rings. The molecule has 20 heavy (non-hydrogen) atoms. The first-order valence-electron chi connectivity index (χ1n) is 7.26. The molecule has 0 aliphatic carbocycles. The number of hydrogen-bond acceptors (Lipinski definition) is 2. The molecule has 0 spiro atoms. The van der Waals surface area contributed by atoms with Gasteiger partial charge in [0.2, 0.25) is 0 Å². The van der Waals surface area contributed by atoms with E-state index in [-0.39, 0.29) is 0 Å². The van der Waals surface area contributed by atoms with Crippen LogP contribution in [0.1, 0.15) is 37.4 Å². The summed E-state index contributed by atoms with van der Waals surface area (Å²) in [6.07, 6.45) is 2.11. The van der Waals surface area contributed by atoms with Crippen LogP contribution < -0.4 is 10.1 Å². The van der Waals surface area contributed by atoms with Gasteiger partial charge in [-0.15, -0.1) is 0 Å². The summed E-state index contributed by atoms with van der Waals surface area (Å²) in [5.41, 5.74) is 3.84. The molecule has 0 aliphatic heterocycles. The minimum absolute atomic E-state index is 0.327. The van der Waals surface area contributed by atoms with E-state index >= 15 is 0 Å². The Morgan fingerprint density at radius 2 is 1.80 bits per heavy atom. The van der Waals surface area contributed by atoms with Crippen LogP contribution in [0.4, 0.5) is 5.69 Å². The Hall–Kier alpha value is -1.96. The van der Waals surface area contributed by atoms with Crippen molar-refractivity contribution in [3.8, 4) is 5.75 Å². The van der Waals surface area contributed by atoms with Crippen molar-refractivity contribution in [2.75, 3.05) is 12.4 Å².